The van der Waals surface area contributed by atoms with Crippen molar-refractivity contribution in [2.45, 2.75) is 25.8 Å². The molecule has 3 rings (SSSR count). The quantitative estimate of drug-likeness (QED) is 0.801. The lowest BCUT2D eigenvalue weighted by molar-refractivity contribution is 0.208. The number of fused-ring (bicyclic) bond motifs is 1. The van der Waals surface area contributed by atoms with Crippen LogP contribution in [0.2, 0.25) is 0 Å². The predicted octanol–water partition coefficient (Wildman–Crippen LogP) is 3.17. The third-order valence-electron chi connectivity index (χ3n) is 4.20. The summed E-state index contributed by atoms with van der Waals surface area (Å²) in [4.78, 5) is 2.44. The molecule has 2 aromatic rings. The molecule has 2 heterocycles. The van der Waals surface area contributed by atoms with Gasteiger partial charge in [0.2, 0.25) is 0 Å². The molecule has 18 heavy (non-hydrogen) atoms. The molecule has 1 aliphatic heterocycles. The van der Waals surface area contributed by atoms with Crippen LogP contribution in [0.15, 0.2) is 30.3 Å². The van der Waals surface area contributed by atoms with Crippen LogP contribution in [0.3, 0.4) is 0 Å². The summed E-state index contributed by atoms with van der Waals surface area (Å²) in [6, 6.07) is 10.7. The molecule has 1 aliphatic rings. The number of rotatable bonds is 3. The van der Waals surface area contributed by atoms with E-state index in [1.165, 1.54) is 43.3 Å². The van der Waals surface area contributed by atoms with Gasteiger partial charge >= 0.3 is 0 Å². The molecule has 0 atom stereocenters. The fourth-order valence-electron chi connectivity index (χ4n) is 2.92. The molecule has 0 bridgehead atoms. The summed E-state index contributed by atoms with van der Waals surface area (Å²) in [5, 5.41) is 1.31. The van der Waals surface area contributed by atoms with Crippen LogP contribution in [0.1, 0.15) is 19.3 Å². The van der Waals surface area contributed by atoms with Gasteiger partial charge in [0.15, 0.2) is 0 Å². The highest BCUT2D eigenvalue weighted by atomic mass is 15.1. The summed E-state index contributed by atoms with van der Waals surface area (Å²) in [6.07, 6.45) is 7.38. The van der Waals surface area contributed by atoms with Crippen LogP contribution >= 0.6 is 0 Å². The zero-order valence-corrected chi connectivity index (χ0v) is 11.1. The van der Waals surface area contributed by atoms with Crippen LogP contribution in [0.25, 0.3) is 10.9 Å². The molecule has 1 aromatic heterocycles. The summed E-state index contributed by atoms with van der Waals surface area (Å²) in [5.74, 6) is 0.899. The maximum absolute atomic E-state index is 3.37. The molecule has 0 spiro atoms. The van der Waals surface area contributed by atoms with Crippen molar-refractivity contribution < 1.29 is 0 Å². The van der Waals surface area contributed by atoms with E-state index >= 15 is 0 Å². The molecule has 1 fully saturated rings. The Balaban J connectivity index is 1.63. The third kappa shape index (κ3) is 2.44. The Morgan fingerprint density at radius 1 is 1.22 bits per heavy atom. The molecule has 0 unspecified atom stereocenters. The standard InChI is InChI=1S/C16H21N2/c1-17-10-6-14(7-11-17)8-12-18-13-9-15-4-2-3-5-16(15)18/h2-5,9,14H,6-8,10-12H2,1H3. The lowest BCUT2D eigenvalue weighted by atomic mass is 9.94. The van der Waals surface area contributed by atoms with E-state index < -0.39 is 0 Å². The first kappa shape index (κ1) is 11.8. The second-order valence-electron chi connectivity index (χ2n) is 5.52. The van der Waals surface area contributed by atoms with Gasteiger partial charge in [0, 0.05) is 17.4 Å². The third-order valence-corrected chi connectivity index (χ3v) is 4.20. The topological polar surface area (TPSA) is 8.17 Å². The molecule has 0 saturated carbocycles. The number of likely N-dealkylation sites (tertiary alicyclic amines) is 1. The number of hydrogen-bond acceptors (Lipinski definition) is 1. The second-order valence-corrected chi connectivity index (χ2v) is 5.52. The van der Waals surface area contributed by atoms with E-state index in [0.717, 1.165) is 12.5 Å². The van der Waals surface area contributed by atoms with Crippen molar-refractivity contribution in [1.82, 2.24) is 9.47 Å². The number of piperidine rings is 1. The Labute approximate surface area is 109 Å². The number of para-hydroxylation sites is 1. The van der Waals surface area contributed by atoms with Crippen molar-refractivity contribution in [3.63, 3.8) is 0 Å². The van der Waals surface area contributed by atoms with E-state index in [9.17, 15) is 0 Å². The Hall–Kier alpha value is -1.28. The van der Waals surface area contributed by atoms with Crippen LogP contribution in [0.4, 0.5) is 0 Å². The van der Waals surface area contributed by atoms with E-state index in [1.807, 2.05) is 0 Å². The molecule has 0 amide bonds. The molecule has 0 N–H and O–H groups in total. The zero-order chi connectivity index (χ0) is 12.4. The maximum Gasteiger partial charge on any atom is 0.0659 e. The molecule has 1 radical (unpaired) electrons. The van der Waals surface area contributed by atoms with Crippen molar-refractivity contribution in [2.24, 2.45) is 5.92 Å². The van der Waals surface area contributed by atoms with Crippen molar-refractivity contribution in [3.8, 4) is 0 Å². The summed E-state index contributed by atoms with van der Waals surface area (Å²) >= 11 is 0. The SMILES string of the molecule is CN1CCC(CCn2[c]cc3ccccc32)CC1. The first-order valence-electron chi connectivity index (χ1n) is 6.97. The Kier molecular flexibility index (Phi) is 3.37. The zero-order valence-electron chi connectivity index (χ0n) is 11.1. The van der Waals surface area contributed by atoms with E-state index in [-0.39, 0.29) is 0 Å². The van der Waals surface area contributed by atoms with E-state index in [4.69, 9.17) is 0 Å². The number of aryl methyl sites for hydroxylation is 1. The van der Waals surface area contributed by atoms with E-state index in [2.05, 4.69) is 53.0 Å². The maximum atomic E-state index is 3.37. The summed E-state index contributed by atoms with van der Waals surface area (Å²) < 4.78 is 2.29. The minimum Gasteiger partial charge on any atom is -0.339 e. The highest BCUT2D eigenvalue weighted by Gasteiger charge is 2.16. The summed E-state index contributed by atoms with van der Waals surface area (Å²) in [6.45, 7) is 3.64. The first-order chi connectivity index (χ1) is 8.83. The van der Waals surface area contributed by atoms with Crippen LogP contribution in [-0.4, -0.2) is 29.6 Å². The molecular weight excluding hydrogens is 220 g/mol. The Morgan fingerprint density at radius 2 is 2.00 bits per heavy atom. The predicted molar refractivity (Wildman–Crippen MR) is 75.6 cm³/mol. The fourth-order valence-corrected chi connectivity index (χ4v) is 2.92. The van der Waals surface area contributed by atoms with Crippen LogP contribution in [0, 0.1) is 12.1 Å². The van der Waals surface area contributed by atoms with Crippen molar-refractivity contribution >= 4 is 10.9 Å². The molecule has 95 valence electrons. The van der Waals surface area contributed by atoms with Gasteiger partial charge in [-0.15, -0.1) is 0 Å². The Morgan fingerprint density at radius 3 is 2.83 bits per heavy atom. The van der Waals surface area contributed by atoms with Gasteiger partial charge in [0.1, 0.15) is 0 Å². The van der Waals surface area contributed by atoms with Gasteiger partial charge < -0.3 is 9.47 Å². The largest absolute Gasteiger partial charge is 0.339 e. The van der Waals surface area contributed by atoms with Crippen molar-refractivity contribution in [2.75, 3.05) is 20.1 Å². The lowest BCUT2D eigenvalue weighted by Crippen LogP contribution is -2.30. The smallest absolute Gasteiger partial charge is 0.0659 e. The van der Waals surface area contributed by atoms with E-state index in [0.29, 0.717) is 0 Å². The molecule has 1 aromatic carbocycles. The van der Waals surface area contributed by atoms with Gasteiger partial charge in [0.25, 0.3) is 0 Å². The molecule has 0 aliphatic carbocycles. The molecule has 2 nitrogen and oxygen atoms in total. The normalized spacial score (nSPS) is 18.5. The fraction of sp³-hybridized carbons (Fsp3) is 0.500. The summed E-state index contributed by atoms with van der Waals surface area (Å²) in [5.41, 5.74) is 1.32. The van der Waals surface area contributed by atoms with Gasteiger partial charge in [-0.2, -0.15) is 0 Å². The molecular formula is C16H21N2. The highest BCUT2D eigenvalue weighted by Crippen LogP contribution is 2.22. The van der Waals surface area contributed by atoms with Gasteiger partial charge in [-0.1, -0.05) is 18.2 Å². The second kappa shape index (κ2) is 5.15. The number of aromatic nitrogens is 1. The Bertz CT molecular complexity index is 507. The van der Waals surface area contributed by atoms with Gasteiger partial charge in [0.05, 0.1) is 6.20 Å². The minimum atomic E-state index is 0.899. The molecule has 2 heteroatoms. The molecule has 1 saturated heterocycles. The minimum absolute atomic E-state index is 0.899. The van der Waals surface area contributed by atoms with Gasteiger partial charge in [-0.25, -0.2) is 0 Å². The average molecular weight is 241 g/mol. The van der Waals surface area contributed by atoms with Crippen molar-refractivity contribution in [1.29, 1.82) is 0 Å². The monoisotopic (exact) mass is 241 g/mol. The summed E-state index contributed by atoms with van der Waals surface area (Å²) in [7, 11) is 2.23. The van der Waals surface area contributed by atoms with Crippen molar-refractivity contribution in [3.05, 3.63) is 36.5 Å². The van der Waals surface area contributed by atoms with Gasteiger partial charge in [-0.05, 0) is 57.5 Å². The average Bonchev–Trinajstić information content (AvgIpc) is 2.82. The van der Waals surface area contributed by atoms with Crippen LogP contribution < -0.4 is 0 Å². The lowest BCUT2D eigenvalue weighted by Gasteiger charge is -2.29. The van der Waals surface area contributed by atoms with Crippen LogP contribution in [-0.2, 0) is 6.54 Å². The van der Waals surface area contributed by atoms with E-state index in [1.54, 1.807) is 0 Å². The van der Waals surface area contributed by atoms with Gasteiger partial charge in [-0.3, -0.25) is 0 Å². The highest BCUT2D eigenvalue weighted by molar-refractivity contribution is 5.79. The number of benzene rings is 1. The van der Waals surface area contributed by atoms with Crippen LogP contribution in [0.5, 0.6) is 0 Å². The first-order valence-corrected chi connectivity index (χ1v) is 6.97. The number of nitrogens with zero attached hydrogens (tertiary/aromatic N) is 2. The number of hydrogen-bond donors (Lipinski definition) is 0.